The molecule has 10 heteroatoms. The lowest BCUT2D eigenvalue weighted by molar-refractivity contribution is -0.148. The molecule has 3 amide bonds. The maximum atomic E-state index is 13.4. The third-order valence-electron chi connectivity index (χ3n) is 6.76. The van der Waals surface area contributed by atoms with Crippen LogP contribution in [0.1, 0.15) is 65.2 Å². The summed E-state index contributed by atoms with van der Waals surface area (Å²) in [5.74, 6) is -2.02. The van der Waals surface area contributed by atoms with Gasteiger partial charge in [-0.25, -0.2) is 4.79 Å². The van der Waals surface area contributed by atoms with Crippen molar-refractivity contribution in [3.63, 3.8) is 0 Å². The minimum atomic E-state index is -1.10. The van der Waals surface area contributed by atoms with Gasteiger partial charge in [-0.2, -0.15) is 0 Å². The molecule has 2 aliphatic heterocycles. The van der Waals surface area contributed by atoms with Gasteiger partial charge in [0.2, 0.25) is 17.7 Å². The Morgan fingerprint density at radius 1 is 1.06 bits per heavy atom. The van der Waals surface area contributed by atoms with Crippen molar-refractivity contribution in [3.8, 4) is 0 Å². The van der Waals surface area contributed by atoms with E-state index in [4.69, 9.17) is 11.5 Å². The molecule has 2 rings (SSSR count). The Hall–Kier alpha value is -2.20. The number of rotatable bonds is 11. The third kappa shape index (κ3) is 6.19. The molecule has 0 aromatic rings. The average molecular weight is 454 g/mol. The first-order valence-corrected chi connectivity index (χ1v) is 11.8. The molecule has 2 heterocycles. The van der Waals surface area contributed by atoms with Gasteiger partial charge in [-0.15, -0.1) is 0 Å². The number of aliphatic carboxylic acids is 1. The molecular formula is C22H39N5O5. The Kier molecular flexibility index (Phi) is 9.89. The Labute approximate surface area is 190 Å². The maximum absolute atomic E-state index is 13.4. The van der Waals surface area contributed by atoms with Gasteiger partial charge in [-0.05, 0) is 57.4 Å². The lowest BCUT2D eigenvalue weighted by atomic mass is 9.98. The van der Waals surface area contributed by atoms with Gasteiger partial charge >= 0.3 is 5.97 Å². The van der Waals surface area contributed by atoms with Crippen molar-refractivity contribution in [2.45, 2.75) is 89.4 Å². The summed E-state index contributed by atoms with van der Waals surface area (Å²) >= 11 is 0. The minimum absolute atomic E-state index is 0.0105. The number of nitrogens with zero attached hydrogens (tertiary/aromatic N) is 2. The van der Waals surface area contributed by atoms with Crippen LogP contribution in [0.4, 0.5) is 0 Å². The molecule has 6 N–H and O–H groups in total. The molecule has 10 nitrogen and oxygen atoms in total. The number of unbranched alkanes of at least 4 members (excludes halogenated alkanes) is 1. The molecular weight excluding hydrogens is 414 g/mol. The van der Waals surface area contributed by atoms with Crippen molar-refractivity contribution in [2.24, 2.45) is 17.4 Å². The Morgan fingerprint density at radius 2 is 1.69 bits per heavy atom. The molecule has 2 fully saturated rings. The zero-order chi connectivity index (χ0) is 23.8. The molecule has 0 aromatic carbocycles. The molecule has 0 aliphatic carbocycles. The second-order valence-corrected chi connectivity index (χ2v) is 8.97. The summed E-state index contributed by atoms with van der Waals surface area (Å²) in [7, 11) is 0. The van der Waals surface area contributed by atoms with Crippen LogP contribution in [0, 0.1) is 5.92 Å². The van der Waals surface area contributed by atoms with Crippen LogP contribution in [0.2, 0.25) is 0 Å². The lowest BCUT2D eigenvalue weighted by Crippen LogP contribution is -2.56. The van der Waals surface area contributed by atoms with E-state index in [-0.39, 0.29) is 24.2 Å². The quantitative estimate of drug-likeness (QED) is 0.321. The predicted molar refractivity (Wildman–Crippen MR) is 119 cm³/mol. The van der Waals surface area contributed by atoms with E-state index < -0.39 is 36.0 Å². The lowest BCUT2D eigenvalue weighted by Gasteiger charge is -2.33. The van der Waals surface area contributed by atoms with Gasteiger partial charge in [-0.3, -0.25) is 14.4 Å². The van der Waals surface area contributed by atoms with Crippen LogP contribution in [-0.2, 0) is 19.2 Å². The minimum Gasteiger partial charge on any atom is -0.480 e. The summed E-state index contributed by atoms with van der Waals surface area (Å²) < 4.78 is 0. The third-order valence-corrected chi connectivity index (χ3v) is 6.76. The fourth-order valence-electron chi connectivity index (χ4n) is 4.49. The highest BCUT2D eigenvalue weighted by Crippen LogP contribution is 2.26. The standard InChI is InChI=1S/C22H39N5O5/c1-3-14(2)18(24)21(30)27-13-7-10-17(27)20(29)26-12-6-9-16(26)19(28)25-15(22(31)32)8-4-5-11-23/h14-18H,3-13,23-24H2,1-2H3,(H,25,28)(H,31,32). The van der Waals surface area contributed by atoms with Gasteiger partial charge in [0.15, 0.2) is 0 Å². The van der Waals surface area contributed by atoms with Crippen LogP contribution in [0.3, 0.4) is 0 Å². The molecule has 2 saturated heterocycles. The topological polar surface area (TPSA) is 159 Å². The van der Waals surface area contributed by atoms with Crippen molar-refractivity contribution >= 4 is 23.7 Å². The number of likely N-dealkylation sites (tertiary alicyclic amines) is 2. The number of carboxylic acids is 1. The fraction of sp³-hybridized carbons (Fsp3) is 0.818. The number of amides is 3. The van der Waals surface area contributed by atoms with E-state index in [2.05, 4.69) is 5.32 Å². The molecule has 0 aromatic heterocycles. The van der Waals surface area contributed by atoms with Crippen molar-refractivity contribution in [1.29, 1.82) is 0 Å². The van der Waals surface area contributed by atoms with E-state index in [1.807, 2.05) is 13.8 Å². The number of carbonyl (C=O) groups is 4. The van der Waals surface area contributed by atoms with Crippen LogP contribution < -0.4 is 16.8 Å². The molecule has 182 valence electrons. The van der Waals surface area contributed by atoms with E-state index >= 15 is 0 Å². The number of nitrogens with two attached hydrogens (primary N) is 2. The molecule has 0 bridgehead atoms. The van der Waals surface area contributed by atoms with Crippen molar-refractivity contribution in [1.82, 2.24) is 15.1 Å². The van der Waals surface area contributed by atoms with Gasteiger partial charge in [0.05, 0.1) is 6.04 Å². The summed E-state index contributed by atoms with van der Waals surface area (Å²) in [6, 6.07) is -3.01. The summed E-state index contributed by atoms with van der Waals surface area (Å²) in [6.45, 7) is 5.24. The van der Waals surface area contributed by atoms with Gasteiger partial charge in [0, 0.05) is 13.1 Å². The van der Waals surface area contributed by atoms with Crippen molar-refractivity contribution in [3.05, 3.63) is 0 Å². The van der Waals surface area contributed by atoms with Gasteiger partial charge in [-0.1, -0.05) is 20.3 Å². The molecule has 5 unspecified atom stereocenters. The van der Waals surface area contributed by atoms with Gasteiger partial charge < -0.3 is 31.7 Å². The Balaban J connectivity index is 2.06. The van der Waals surface area contributed by atoms with Crippen molar-refractivity contribution < 1.29 is 24.3 Å². The Bertz CT molecular complexity index is 688. The van der Waals surface area contributed by atoms with Gasteiger partial charge in [0.1, 0.15) is 18.1 Å². The summed E-state index contributed by atoms with van der Waals surface area (Å²) in [4.78, 5) is 53.8. The number of carboxylic acid groups (broad SMARTS) is 1. The van der Waals surface area contributed by atoms with E-state index in [1.165, 1.54) is 4.90 Å². The van der Waals surface area contributed by atoms with Crippen LogP contribution in [0.25, 0.3) is 0 Å². The van der Waals surface area contributed by atoms with Crippen LogP contribution in [0.5, 0.6) is 0 Å². The van der Waals surface area contributed by atoms with Crippen LogP contribution in [0.15, 0.2) is 0 Å². The average Bonchev–Trinajstić information content (AvgIpc) is 3.46. The second kappa shape index (κ2) is 12.2. The summed E-state index contributed by atoms with van der Waals surface area (Å²) in [5.41, 5.74) is 11.6. The highest BCUT2D eigenvalue weighted by Gasteiger charge is 2.43. The first kappa shape index (κ1) is 26.1. The zero-order valence-corrected chi connectivity index (χ0v) is 19.3. The first-order valence-electron chi connectivity index (χ1n) is 11.8. The SMILES string of the molecule is CCC(C)C(N)C(=O)N1CCCC1C(=O)N1CCCC1C(=O)NC(CCCCN)C(=O)O. The summed E-state index contributed by atoms with van der Waals surface area (Å²) in [6.07, 6.45) is 4.71. The summed E-state index contributed by atoms with van der Waals surface area (Å²) in [5, 5.41) is 12.0. The molecule has 0 spiro atoms. The molecule has 0 radical (unpaired) electrons. The van der Waals surface area contributed by atoms with Gasteiger partial charge in [0.25, 0.3) is 0 Å². The normalized spacial score (nSPS) is 23.6. The predicted octanol–water partition coefficient (Wildman–Crippen LogP) is 0.0402. The first-order chi connectivity index (χ1) is 15.2. The Morgan fingerprint density at radius 3 is 2.28 bits per heavy atom. The molecule has 2 aliphatic rings. The molecule has 0 saturated carbocycles. The van der Waals surface area contributed by atoms with E-state index in [0.717, 1.165) is 6.42 Å². The number of hydrogen-bond donors (Lipinski definition) is 4. The van der Waals surface area contributed by atoms with Crippen molar-refractivity contribution in [2.75, 3.05) is 19.6 Å². The highest BCUT2D eigenvalue weighted by molar-refractivity contribution is 5.94. The number of hydrogen-bond acceptors (Lipinski definition) is 6. The second-order valence-electron chi connectivity index (χ2n) is 8.97. The number of carbonyl (C=O) groups excluding carboxylic acids is 3. The highest BCUT2D eigenvalue weighted by atomic mass is 16.4. The van der Waals surface area contributed by atoms with Crippen LogP contribution in [-0.4, -0.2) is 82.4 Å². The smallest absolute Gasteiger partial charge is 0.326 e. The van der Waals surface area contributed by atoms with E-state index in [9.17, 15) is 24.3 Å². The molecule has 5 atom stereocenters. The maximum Gasteiger partial charge on any atom is 0.326 e. The number of nitrogens with one attached hydrogen (secondary N) is 1. The monoisotopic (exact) mass is 453 g/mol. The fourth-order valence-corrected chi connectivity index (χ4v) is 4.49. The molecule has 32 heavy (non-hydrogen) atoms. The largest absolute Gasteiger partial charge is 0.480 e. The van der Waals surface area contributed by atoms with E-state index in [0.29, 0.717) is 58.2 Å². The zero-order valence-electron chi connectivity index (χ0n) is 19.3. The van der Waals surface area contributed by atoms with Crippen LogP contribution >= 0.6 is 0 Å². The van der Waals surface area contributed by atoms with E-state index in [1.54, 1.807) is 4.90 Å².